The second-order valence-corrected chi connectivity index (χ2v) is 5.81. The van der Waals surface area contributed by atoms with Crippen LogP contribution in [-0.4, -0.2) is 23.0 Å². The van der Waals surface area contributed by atoms with Gasteiger partial charge in [-0.1, -0.05) is 27.2 Å². The van der Waals surface area contributed by atoms with Crippen molar-refractivity contribution in [1.82, 2.24) is 5.32 Å². The topological polar surface area (TPSA) is 66.4 Å². The lowest BCUT2D eigenvalue weighted by molar-refractivity contribution is -0.146. The Morgan fingerprint density at radius 2 is 1.83 bits per heavy atom. The quantitative estimate of drug-likeness (QED) is 0.792. The number of carbonyl (C=O) groups excluding carboxylic acids is 1. The molecule has 0 bridgehead atoms. The zero-order valence-electron chi connectivity index (χ0n) is 11.8. The predicted octanol–water partition coefficient (Wildman–Crippen LogP) is 2.28. The fourth-order valence-electron chi connectivity index (χ4n) is 2.68. The maximum atomic E-state index is 12.2. The van der Waals surface area contributed by atoms with Crippen molar-refractivity contribution >= 4 is 11.9 Å². The summed E-state index contributed by atoms with van der Waals surface area (Å²) in [5.41, 5.74) is 0. The lowest BCUT2D eigenvalue weighted by Crippen LogP contribution is -2.42. The van der Waals surface area contributed by atoms with Crippen LogP contribution in [0.2, 0.25) is 0 Å². The van der Waals surface area contributed by atoms with Gasteiger partial charge in [0.05, 0.1) is 11.8 Å². The lowest BCUT2D eigenvalue weighted by atomic mass is 9.94. The molecule has 0 heterocycles. The summed E-state index contributed by atoms with van der Waals surface area (Å²) >= 11 is 0. The largest absolute Gasteiger partial charge is 0.481 e. The summed E-state index contributed by atoms with van der Waals surface area (Å²) in [5.74, 6) is -1.06. The van der Waals surface area contributed by atoms with Crippen molar-refractivity contribution in [3.8, 4) is 0 Å². The number of aliphatic carboxylic acids is 1. The molecule has 1 amide bonds. The zero-order valence-corrected chi connectivity index (χ0v) is 11.8. The monoisotopic (exact) mass is 255 g/mol. The molecule has 0 aromatic carbocycles. The average Bonchev–Trinajstić information content (AvgIpc) is 2.70. The predicted molar refractivity (Wildman–Crippen MR) is 70.1 cm³/mol. The molecule has 4 heteroatoms. The van der Waals surface area contributed by atoms with E-state index in [-0.39, 0.29) is 17.9 Å². The molecule has 4 nitrogen and oxygen atoms in total. The molecular weight excluding hydrogens is 230 g/mol. The lowest BCUT2D eigenvalue weighted by Gasteiger charge is -2.23. The van der Waals surface area contributed by atoms with Crippen molar-refractivity contribution in [3.05, 3.63) is 0 Å². The molecule has 0 saturated heterocycles. The normalized spacial score (nSPS) is 30.8. The molecule has 0 aliphatic heterocycles. The van der Waals surface area contributed by atoms with Crippen LogP contribution in [0.15, 0.2) is 0 Å². The third kappa shape index (κ3) is 3.47. The summed E-state index contributed by atoms with van der Waals surface area (Å²) < 4.78 is 0. The number of amides is 1. The molecule has 5 unspecified atom stereocenters. The minimum absolute atomic E-state index is 0.0837. The van der Waals surface area contributed by atoms with E-state index in [0.717, 1.165) is 6.42 Å². The van der Waals surface area contributed by atoms with Gasteiger partial charge in [0.1, 0.15) is 0 Å². The standard InChI is InChI=1S/C14H25NO3/c1-5-9(3)10(4)15-13(16)11-6-8(2)7-12(11)14(17)18/h8-12H,5-7H2,1-4H3,(H,15,16)(H,17,18). The van der Waals surface area contributed by atoms with Gasteiger partial charge in [0.15, 0.2) is 0 Å². The van der Waals surface area contributed by atoms with Gasteiger partial charge in [-0.15, -0.1) is 0 Å². The van der Waals surface area contributed by atoms with Gasteiger partial charge in [0.2, 0.25) is 5.91 Å². The molecule has 1 aliphatic rings. The first-order valence-electron chi connectivity index (χ1n) is 6.89. The van der Waals surface area contributed by atoms with Crippen molar-refractivity contribution in [3.63, 3.8) is 0 Å². The van der Waals surface area contributed by atoms with Crippen LogP contribution in [0.1, 0.15) is 47.0 Å². The third-order valence-electron chi connectivity index (χ3n) is 4.32. The van der Waals surface area contributed by atoms with E-state index in [2.05, 4.69) is 19.2 Å². The number of hydrogen-bond acceptors (Lipinski definition) is 2. The molecule has 104 valence electrons. The van der Waals surface area contributed by atoms with Gasteiger partial charge in [-0.25, -0.2) is 0 Å². The first-order chi connectivity index (χ1) is 8.36. The first-order valence-corrected chi connectivity index (χ1v) is 6.89. The minimum Gasteiger partial charge on any atom is -0.481 e. The molecule has 18 heavy (non-hydrogen) atoms. The minimum atomic E-state index is -0.837. The Labute approximate surface area is 109 Å². The third-order valence-corrected chi connectivity index (χ3v) is 4.32. The fraction of sp³-hybridized carbons (Fsp3) is 0.857. The van der Waals surface area contributed by atoms with Crippen LogP contribution >= 0.6 is 0 Å². The molecular formula is C14H25NO3. The van der Waals surface area contributed by atoms with Crippen molar-refractivity contribution < 1.29 is 14.7 Å². The molecule has 1 fully saturated rings. The number of carbonyl (C=O) groups is 2. The summed E-state index contributed by atoms with van der Waals surface area (Å²) in [6.45, 7) is 8.18. The Morgan fingerprint density at radius 1 is 1.28 bits per heavy atom. The zero-order chi connectivity index (χ0) is 13.9. The Morgan fingerprint density at radius 3 is 2.33 bits per heavy atom. The Bertz CT molecular complexity index is 316. The highest BCUT2D eigenvalue weighted by molar-refractivity contribution is 5.85. The molecule has 2 N–H and O–H groups in total. The molecule has 5 atom stereocenters. The Hall–Kier alpha value is -1.06. The van der Waals surface area contributed by atoms with Crippen molar-refractivity contribution in [2.24, 2.45) is 23.7 Å². The summed E-state index contributed by atoms with van der Waals surface area (Å²) in [6, 6.07) is 0.104. The molecule has 0 radical (unpaired) electrons. The van der Waals surface area contributed by atoms with E-state index < -0.39 is 11.9 Å². The van der Waals surface area contributed by atoms with Gasteiger partial charge in [0, 0.05) is 6.04 Å². The second kappa shape index (κ2) is 6.21. The summed E-state index contributed by atoms with van der Waals surface area (Å²) in [7, 11) is 0. The van der Waals surface area contributed by atoms with Crippen LogP contribution < -0.4 is 5.32 Å². The summed E-state index contributed by atoms with van der Waals surface area (Å²) in [6.07, 6.45) is 2.31. The fourth-order valence-corrected chi connectivity index (χ4v) is 2.68. The number of hydrogen-bond donors (Lipinski definition) is 2. The van der Waals surface area contributed by atoms with Crippen LogP contribution in [-0.2, 0) is 9.59 Å². The molecule has 1 saturated carbocycles. The number of carboxylic acids is 1. The number of rotatable bonds is 5. The smallest absolute Gasteiger partial charge is 0.307 e. The van der Waals surface area contributed by atoms with E-state index in [1.807, 2.05) is 13.8 Å². The molecule has 0 aromatic heterocycles. The molecule has 0 aromatic rings. The van der Waals surface area contributed by atoms with Gasteiger partial charge in [0.25, 0.3) is 0 Å². The molecule has 0 spiro atoms. The van der Waals surface area contributed by atoms with E-state index in [4.69, 9.17) is 5.11 Å². The van der Waals surface area contributed by atoms with Crippen LogP contribution in [0.3, 0.4) is 0 Å². The van der Waals surface area contributed by atoms with Crippen LogP contribution in [0.5, 0.6) is 0 Å². The maximum Gasteiger partial charge on any atom is 0.307 e. The Kier molecular flexibility index (Phi) is 5.17. The van der Waals surface area contributed by atoms with E-state index in [1.165, 1.54) is 0 Å². The van der Waals surface area contributed by atoms with Crippen LogP contribution in [0.4, 0.5) is 0 Å². The van der Waals surface area contributed by atoms with Crippen molar-refractivity contribution in [1.29, 1.82) is 0 Å². The first kappa shape index (κ1) is 15.0. The highest BCUT2D eigenvalue weighted by Crippen LogP contribution is 2.36. The average molecular weight is 255 g/mol. The maximum absolute atomic E-state index is 12.2. The van der Waals surface area contributed by atoms with E-state index in [1.54, 1.807) is 0 Å². The van der Waals surface area contributed by atoms with Crippen molar-refractivity contribution in [2.75, 3.05) is 0 Å². The van der Waals surface area contributed by atoms with Crippen molar-refractivity contribution in [2.45, 2.75) is 53.0 Å². The van der Waals surface area contributed by atoms with Gasteiger partial charge in [-0.3, -0.25) is 9.59 Å². The van der Waals surface area contributed by atoms with E-state index >= 15 is 0 Å². The van der Waals surface area contributed by atoms with Crippen LogP contribution in [0, 0.1) is 23.7 Å². The number of carboxylic acid groups (broad SMARTS) is 1. The van der Waals surface area contributed by atoms with Gasteiger partial charge >= 0.3 is 5.97 Å². The highest BCUT2D eigenvalue weighted by atomic mass is 16.4. The van der Waals surface area contributed by atoms with Crippen LogP contribution in [0.25, 0.3) is 0 Å². The number of nitrogens with one attached hydrogen (secondary N) is 1. The van der Waals surface area contributed by atoms with Gasteiger partial charge < -0.3 is 10.4 Å². The SMILES string of the molecule is CCC(C)C(C)NC(=O)C1CC(C)CC1C(=O)O. The highest BCUT2D eigenvalue weighted by Gasteiger charge is 2.41. The van der Waals surface area contributed by atoms with E-state index in [9.17, 15) is 9.59 Å². The second-order valence-electron chi connectivity index (χ2n) is 5.81. The van der Waals surface area contributed by atoms with Gasteiger partial charge in [-0.2, -0.15) is 0 Å². The van der Waals surface area contributed by atoms with E-state index in [0.29, 0.717) is 24.7 Å². The molecule has 1 aliphatic carbocycles. The molecule has 1 rings (SSSR count). The summed E-state index contributed by atoms with van der Waals surface area (Å²) in [4.78, 5) is 23.3. The Balaban J connectivity index is 2.63. The summed E-state index contributed by atoms with van der Waals surface area (Å²) in [5, 5.41) is 12.1. The van der Waals surface area contributed by atoms with Gasteiger partial charge in [-0.05, 0) is 31.6 Å².